The summed E-state index contributed by atoms with van der Waals surface area (Å²) in [5.74, 6) is 1.46. The molecular weight excluding hydrogens is 312 g/mol. The average Bonchev–Trinajstić information content (AvgIpc) is 3.21. The Balaban J connectivity index is 1.53. The summed E-state index contributed by atoms with van der Waals surface area (Å²) in [4.78, 5) is 5.59. The SMILES string of the molecule is CC(C)(C)N1CC2COCC2C1CC(C)(C)N1CCOC2CCCC21. The van der Waals surface area contributed by atoms with E-state index in [1.165, 1.54) is 32.2 Å². The fourth-order valence-corrected chi connectivity index (χ4v) is 6.19. The zero-order valence-electron chi connectivity index (χ0n) is 17.0. The summed E-state index contributed by atoms with van der Waals surface area (Å²) in [5, 5.41) is 0. The molecule has 1 saturated carbocycles. The van der Waals surface area contributed by atoms with E-state index >= 15 is 0 Å². The molecule has 144 valence electrons. The van der Waals surface area contributed by atoms with Crippen molar-refractivity contribution >= 4 is 0 Å². The molecule has 4 heteroatoms. The Morgan fingerprint density at radius 3 is 2.56 bits per heavy atom. The molecule has 3 aliphatic heterocycles. The lowest BCUT2D eigenvalue weighted by atomic mass is 9.83. The van der Waals surface area contributed by atoms with Gasteiger partial charge in [-0.25, -0.2) is 0 Å². The van der Waals surface area contributed by atoms with Crippen molar-refractivity contribution in [1.82, 2.24) is 9.80 Å². The number of ether oxygens (including phenoxy) is 2. The minimum atomic E-state index is 0.225. The van der Waals surface area contributed by atoms with Crippen molar-refractivity contribution in [1.29, 1.82) is 0 Å². The fraction of sp³-hybridized carbons (Fsp3) is 1.00. The van der Waals surface area contributed by atoms with E-state index in [1.807, 2.05) is 0 Å². The Morgan fingerprint density at radius 1 is 1.00 bits per heavy atom. The van der Waals surface area contributed by atoms with Crippen LogP contribution in [-0.4, -0.2) is 72.0 Å². The van der Waals surface area contributed by atoms with Gasteiger partial charge in [0.2, 0.25) is 0 Å². The fourth-order valence-electron chi connectivity index (χ4n) is 6.19. The Labute approximate surface area is 154 Å². The number of hydrogen-bond acceptors (Lipinski definition) is 4. The van der Waals surface area contributed by atoms with Crippen molar-refractivity contribution in [2.45, 2.75) is 89.6 Å². The van der Waals surface area contributed by atoms with Crippen LogP contribution < -0.4 is 0 Å². The van der Waals surface area contributed by atoms with Gasteiger partial charge in [-0.1, -0.05) is 0 Å². The van der Waals surface area contributed by atoms with Crippen LogP contribution in [0.5, 0.6) is 0 Å². The first-order chi connectivity index (χ1) is 11.8. The second-order valence-corrected chi connectivity index (χ2v) is 10.5. The third-order valence-electron chi connectivity index (χ3n) is 7.40. The first kappa shape index (κ1) is 18.2. The van der Waals surface area contributed by atoms with Crippen molar-refractivity contribution < 1.29 is 9.47 Å². The molecule has 0 aromatic carbocycles. The Bertz CT molecular complexity index is 487. The van der Waals surface area contributed by atoms with E-state index in [0.29, 0.717) is 18.2 Å². The molecule has 5 atom stereocenters. The van der Waals surface area contributed by atoms with Gasteiger partial charge in [0, 0.05) is 48.1 Å². The van der Waals surface area contributed by atoms with Crippen LogP contribution in [0.3, 0.4) is 0 Å². The molecule has 0 spiro atoms. The molecule has 4 rings (SSSR count). The molecule has 1 aliphatic carbocycles. The highest BCUT2D eigenvalue weighted by Crippen LogP contribution is 2.44. The summed E-state index contributed by atoms with van der Waals surface area (Å²) in [6.45, 7) is 17.3. The third-order valence-corrected chi connectivity index (χ3v) is 7.40. The lowest BCUT2D eigenvalue weighted by Crippen LogP contribution is -2.60. The lowest BCUT2D eigenvalue weighted by Gasteiger charge is -2.50. The van der Waals surface area contributed by atoms with E-state index in [1.54, 1.807) is 0 Å². The number of nitrogens with zero attached hydrogens (tertiary/aromatic N) is 2. The standard InChI is InChI=1S/C21H38N2O2/c1-20(2,3)23-12-15-13-24-14-16(15)18(23)11-21(4,5)22-9-10-25-19-8-6-7-17(19)22/h15-19H,6-14H2,1-5H3. The van der Waals surface area contributed by atoms with Crippen LogP contribution >= 0.6 is 0 Å². The second-order valence-electron chi connectivity index (χ2n) is 10.5. The van der Waals surface area contributed by atoms with Gasteiger partial charge in [0.15, 0.2) is 0 Å². The van der Waals surface area contributed by atoms with Gasteiger partial charge in [-0.3, -0.25) is 9.80 Å². The van der Waals surface area contributed by atoms with Crippen LogP contribution in [0.15, 0.2) is 0 Å². The number of likely N-dealkylation sites (tertiary alicyclic amines) is 1. The van der Waals surface area contributed by atoms with E-state index in [9.17, 15) is 0 Å². The summed E-state index contributed by atoms with van der Waals surface area (Å²) in [6, 6.07) is 1.29. The van der Waals surface area contributed by atoms with E-state index < -0.39 is 0 Å². The molecule has 4 fully saturated rings. The van der Waals surface area contributed by atoms with E-state index in [-0.39, 0.29) is 11.1 Å². The van der Waals surface area contributed by atoms with Crippen LogP contribution in [0, 0.1) is 11.8 Å². The summed E-state index contributed by atoms with van der Waals surface area (Å²) in [6.07, 6.45) is 5.64. The molecule has 3 saturated heterocycles. The second kappa shape index (κ2) is 6.47. The van der Waals surface area contributed by atoms with Crippen LogP contribution in [0.2, 0.25) is 0 Å². The number of hydrogen-bond donors (Lipinski definition) is 0. The first-order valence-electron chi connectivity index (χ1n) is 10.5. The summed E-state index contributed by atoms with van der Waals surface area (Å²) in [5.41, 5.74) is 0.467. The van der Waals surface area contributed by atoms with Gasteiger partial charge in [0.1, 0.15) is 0 Å². The molecule has 4 nitrogen and oxygen atoms in total. The van der Waals surface area contributed by atoms with Crippen LogP contribution in [0.1, 0.15) is 60.3 Å². The summed E-state index contributed by atoms with van der Waals surface area (Å²) in [7, 11) is 0. The van der Waals surface area contributed by atoms with Gasteiger partial charge in [-0.05, 0) is 60.3 Å². The molecule has 0 aromatic rings. The Hall–Kier alpha value is -0.160. The molecule has 0 bridgehead atoms. The molecule has 5 unspecified atom stereocenters. The molecular formula is C21H38N2O2. The Morgan fingerprint density at radius 2 is 1.80 bits per heavy atom. The highest BCUT2D eigenvalue weighted by molar-refractivity contribution is 5.05. The molecule has 0 radical (unpaired) electrons. The first-order valence-corrected chi connectivity index (χ1v) is 10.5. The number of morpholine rings is 1. The molecule has 25 heavy (non-hydrogen) atoms. The predicted molar refractivity (Wildman–Crippen MR) is 101 cm³/mol. The van der Waals surface area contributed by atoms with Gasteiger partial charge in [-0.15, -0.1) is 0 Å². The topological polar surface area (TPSA) is 24.9 Å². The zero-order valence-corrected chi connectivity index (χ0v) is 17.0. The maximum Gasteiger partial charge on any atom is 0.0731 e. The van der Waals surface area contributed by atoms with Gasteiger partial charge in [0.25, 0.3) is 0 Å². The largest absolute Gasteiger partial charge is 0.381 e. The highest BCUT2D eigenvalue weighted by Gasteiger charge is 2.51. The van der Waals surface area contributed by atoms with Crippen molar-refractivity contribution in [3.8, 4) is 0 Å². The average molecular weight is 351 g/mol. The van der Waals surface area contributed by atoms with Gasteiger partial charge >= 0.3 is 0 Å². The predicted octanol–water partition coefficient (Wildman–Crippen LogP) is 3.15. The van der Waals surface area contributed by atoms with Crippen LogP contribution in [0.25, 0.3) is 0 Å². The maximum absolute atomic E-state index is 6.07. The van der Waals surface area contributed by atoms with Gasteiger partial charge in [-0.2, -0.15) is 0 Å². The highest BCUT2D eigenvalue weighted by atomic mass is 16.5. The van der Waals surface area contributed by atoms with Crippen molar-refractivity contribution in [2.75, 3.05) is 32.9 Å². The quantitative estimate of drug-likeness (QED) is 0.781. The van der Waals surface area contributed by atoms with Crippen LogP contribution in [-0.2, 0) is 9.47 Å². The molecule has 0 N–H and O–H groups in total. The molecule has 4 aliphatic rings. The molecule has 0 aromatic heterocycles. The van der Waals surface area contributed by atoms with Crippen molar-refractivity contribution in [3.05, 3.63) is 0 Å². The summed E-state index contributed by atoms with van der Waals surface area (Å²) < 4.78 is 11.9. The van der Waals surface area contributed by atoms with Gasteiger partial charge < -0.3 is 9.47 Å². The zero-order chi connectivity index (χ0) is 17.8. The minimum Gasteiger partial charge on any atom is -0.381 e. The normalized spacial score (nSPS) is 40.4. The monoisotopic (exact) mass is 350 g/mol. The smallest absolute Gasteiger partial charge is 0.0731 e. The van der Waals surface area contributed by atoms with E-state index in [0.717, 1.165) is 38.2 Å². The van der Waals surface area contributed by atoms with E-state index in [4.69, 9.17) is 9.47 Å². The minimum absolute atomic E-state index is 0.225. The van der Waals surface area contributed by atoms with E-state index in [2.05, 4.69) is 44.4 Å². The van der Waals surface area contributed by atoms with Crippen LogP contribution in [0.4, 0.5) is 0 Å². The summed E-state index contributed by atoms with van der Waals surface area (Å²) >= 11 is 0. The molecule has 3 heterocycles. The van der Waals surface area contributed by atoms with Crippen molar-refractivity contribution in [2.24, 2.45) is 11.8 Å². The Kier molecular flexibility index (Phi) is 4.71. The maximum atomic E-state index is 6.07. The number of rotatable bonds is 3. The lowest BCUT2D eigenvalue weighted by molar-refractivity contribution is -0.0995. The molecule has 0 amide bonds. The third kappa shape index (κ3) is 3.28. The number of fused-ring (bicyclic) bond motifs is 2. The van der Waals surface area contributed by atoms with Crippen molar-refractivity contribution in [3.63, 3.8) is 0 Å². The van der Waals surface area contributed by atoms with Gasteiger partial charge in [0.05, 0.1) is 25.9 Å².